The molecule has 0 fully saturated rings. The highest BCUT2D eigenvalue weighted by molar-refractivity contribution is 5.06. The Morgan fingerprint density at radius 2 is 0.786 bits per heavy atom. The molecule has 0 N–H and O–H groups in total. The molecule has 0 nitrogen and oxygen atoms in total. The zero-order valence-electron chi connectivity index (χ0n) is 15.4. The Labute approximate surface area is 156 Å². The maximum Gasteiger partial charge on any atom is 0.460 e. The van der Waals surface area contributed by atoms with Crippen LogP contribution in [0.3, 0.4) is 0 Å². The molecule has 0 saturated heterocycles. The van der Waals surface area contributed by atoms with Gasteiger partial charge >= 0.3 is 29.9 Å². The molecule has 28 heavy (non-hydrogen) atoms. The maximum absolute atomic E-state index is 13.4. The first kappa shape index (κ1) is 27.2. The third kappa shape index (κ3) is 6.37. The average molecular weight is 438 g/mol. The molecule has 0 atom stereocenters. The van der Waals surface area contributed by atoms with Gasteiger partial charge in [0.2, 0.25) is 0 Å². The Bertz CT molecular complexity index is 441. The normalized spacial score (nSPS) is 14.6. The third-order valence-corrected chi connectivity index (χ3v) is 4.45. The Balaban J connectivity index is 4.59. The van der Waals surface area contributed by atoms with E-state index in [9.17, 15) is 48.3 Å². The Kier molecular flexibility index (Phi) is 10.0. The number of hydrogen-bond acceptors (Lipinski definition) is 0. The first-order valence-corrected chi connectivity index (χ1v) is 9.14. The van der Waals surface area contributed by atoms with Gasteiger partial charge in [0.25, 0.3) is 0 Å². The number of alkyl halides is 11. The van der Waals surface area contributed by atoms with E-state index in [1.165, 1.54) is 0 Å². The molecule has 0 aromatic rings. The molecule has 11 heteroatoms. The lowest BCUT2D eigenvalue weighted by Gasteiger charge is -2.37. The van der Waals surface area contributed by atoms with E-state index < -0.39 is 42.7 Å². The number of halogens is 11. The summed E-state index contributed by atoms with van der Waals surface area (Å²) in [5, 5.41) is 0. The van der Waals surface area contributed by atoms with Crippen molar-refractivity contribution >= 4 is 0 Å². The Morgan fingerprint density at radius 3 is 1.14 bits per heavy atom. The molecule has 0 heterocycles. The van der Waals surface area contributed by atoms with E-state index in [0.29, 0.717) is 12.8 Å². The van der Waals surface area contributed by atoms with Crippen LogP contribution in [0.5, 0.6) is 0 Å². The number of unbranched alkanes of at least 4 members (excludes halogenated alkanes) is 9. The van der Waals surface area contributed by atoms with Gasteiger partial charge in [-0.15, -0.1) is 0 Å². The van der Waals surface area contributed by atoms with Crippen molar-refractivity contribution in [3.05, 3.63) is 0 Å². The summed E-state index contributed by atoms with van der Waals surface area (Å²) in [6.45, 7) is 2.04. The van der Waals surface area contributed by atoms with Crippen LogP contribution in [0, 0.1) is 0 Å². The lowest BCUT2D eigenvalue weighted by molar-refractivity contribution is -0.422. The van der Waals surface area contributed by atoms with Gasteiger partial charge in [-0.3, -0.25) is 0 Å². The van der Waals surface area contributed by atoms with Gasteiger partial charge in [0.15, 0.2) is 0 Å². The molecule has 0 aliphatic heterocycles. The fourth-order valence-corrected chi connectivity index (χ4v) is 2.60. The third-order valence-electron chi connectivity index (χ3n) is 4.45. The molecule has 0 rings (SSSR count). The SMILES string of the molecule is CCCCCCCCCCCCC(F)(F)C(F)(F)C(F)(F)C(F)(F)C(F)(F)F. The zero-order valence-corrected chi connectivity index (χ0v) is 15.4. The Hall–Kier alpha value is -0.770. The minimum absolute atomic E-state index is 0.0537. The second-order valence-corrected chi connectivity index (χ2v) is 6.86. The molecular formula is C17H25F11. The topological polar surface area (TPSA) is 0 Å². The van der Waals surface area contributed by atoms with Gasteiger partial charge in [-0.1, -0.05) is 64.7 Å². The van der Waals surface area contributed by atoms with Gasteiger partial charge in [-0.25, -0.2) is 0 Å². The highest BCUT2D eigenvalue weighted by Crippen LogP contribution is 2.58. The first-order chi connectivity index (χ1) is 12.6. The van der Waals surface area contributed by atoms with E-state index in [4.69, 9.17) is 0 Å². The van der Waals surface area contributed by atoms with Gasteiger partial charge in [-0.2, -0.15) is 48.3 Å². The molecule has 0 spiro atoms. The van der Waals surface area contributed by atoms with Crippen LogP contribution in [-0.4, -0.2) is 29.9 Å². The highest BCUT2D eigenvalue weighted by atomic mass is 19.4. The van der Waals surface area contributed by atoms with E-state index in [-0.39, 0.29) is 6.42 Å². The van der Waals surface area contributed by atoms with Crippen molar-refractivity contribution in [3.8, 4) is 0 Å². The minimum atomic E-state index is -7.30. The van der Waals surface area contributed by atoms with Crippen molar-refractivity contribution in [2.24, 2.45) is 0 Å². The van der Waals surface area contributed by atoms with Crippen LogP contribution < -0.4 is 0 Å². The van der Waals surface area contributed by atoms with Crippen molar-refractivity contribution in [1.82, 2.24) is 0 Å². The van der Waals surface area contributed by atoms with Crippen molar-refractivity contribution < 1.29 is 48.3 Å². The summed E-state index contributed by atoms with van der Waals surface area (Å²) in [6.07, 6.45) is -3.00. The molecule has 0 radical (unpaired) electrons. The van der Waals surface area contributed by atoms with Crippen LogP contribution in [0.2, 0.25) is 0 Å². The largest absolute Gasteiger partial charge is 0.460 e. The van der Waals surface area contributed by atoms with Gasteiger partial charge in [-0.05, 0) is 6.42 Å². The van der Waals surface area contributed by atoms with Crippen LogP contribution >= 0.6 is 0 Å². The van der Waals surface area contributed by atoms with Crippen LogP contribution in [0.25, 0.3) is 0 Å². The van der Waals surface area contributed by atoms with Crippen molar-refractivity contribution in [2.75, 3.05) is 0 Å². The van der Waals surface area contributed by atoms with Crippen LogP contribution in [0.4, 0.5) is 48.3 Å². The second-order valence-electron chi connectivity index (χ2n) is 6.86. The van der Waals surface area contributed by atoms with Crippen molar-refractivity contribution in [3.63, 3.8) is 0 Å². The zero-order chi connectivity index (χ0) is 22.3. The van der Waals surface area contributed by atoms with Gasteiger partial charge < -0.3 is 0 Å². The van der Waals surface area contributed by atoms with E-state index >= 15 is 0 Å². The predicted molar refractivity (Wildman–Crippen MR) is 82.3 cm³/mol. The van der Waals surface area contributed by atoms with Gasteiger partial charge in [0, 0.05) is 6.42 Å². The van der Waals surface area contributed by atoms with Crippen LogP contribution in [-0.2, 0) is 0 Å². The van der Waals surface area contributed by atoms with Gasteiger partial charge in [0.05, 0.1) is 0 Å². The highest BCUT2D eigenvalue weighted by Gasteiger charge is 2.86. The molecule has 0 saturated carbocycles. The Morgan fingerprint density at radius 1 is 0.429 bits per heavy atom. The van der Waals surface area contributed by atoms with E-state index in [2.05, 4.69) is 0 Å². The van der Waals surface area contributed by atoms with Crippen molar-refractivity contribution in [2.45, 2.75) is 107 Å². The quantitative estimate of drug-likeness (QED) is 0.189. The number of hydrogen-bond donors (Lipinski definition) is 0. The molecule has 0 amide bonds. The summed E-state index contributed by atoms with van der Waals surface area (Å²) in [6, 6.07) is 0. The summed E-state index contributed by atoms with van der Waals surface area (Å²) in [7, 11) is 0. The lowest BCUT2D eigenvalue weighted by Crippen LogP contribution is -2.66. The molecule has 0 unspecified atom stereocenters. The molecule has 0 aromatic carbocycles. The molecule has 170 valence electrons. The first-order valence-electron chi connectivity index (χ1n) is 9.14. The van der Waals surface area contributed by atoms with Crippen LogP contribution in [0.15, 0.2) is 0 Å². The summed E-state index contributed by atoms with van der Waals surface area (Å²) in [5.41, 5.74) is 0. The van der Waals surface area contributed by atoms with E-state index in [1.807, 2.05) is 6.92 Å². The van der Waals surface area contributed by atoms with Crippen molar-refractivity contribution in [1.29, 1.82) is 0 Å². The minimum Gasteiger partial charge on any atom is -0.200 e. The smallest absolute Gasteiger partial charge is 0.200 e. The monoisotopic (exact) mass is 438 g/mol. The lowest BCUT2D eigenvalue weighted by atomic mass is 9.94. The molecular weight excluding hydrogens is 413 g/mol. The molecule has 0 bridgehead atoms. The summed E-state index contributed by atoms with van der Waals surface area (Å²) < 4.78 is 141. The summed E-state index contributed by atoms with van der Waals surface area (Å²) >= 11 is 0. The standard InChI is InChI=1S/C17H25F11/c1-2-3-4-5-6-7-8-9-10-11-12-13(18,19)14(20,21)15(22,23)16(24,25)17(26,27)28/h2-12H2,1H3. The average Bonchev–Trinajstić information content (AvgIpc) is 2.55. The van der Waals surface area contributed by atoms with E-state index in [1.54, 1.807) is 0 Å². The van der Waals surface area contributed by atoms with Gasteiger partial charge in [0.1, 0.15) is 0 Å². The van der Waals surface area contributed by atoms with E-state index in [0.717, 1.165) is 38.5 Å². The fourth-order valence-electron chi connectivity index (χ4n) is 2.60. The molecule has 0 aliphatic carbocycles. The summed E-state index contributed by atoms with van der Waals surface area (Å²) in [5.74, 6) is -27.2. The maximum atomic E-state index is 13.4. The molecule has 0 aromatic heterocycles. The fraction of sp³-hybridized carbons (Fsp3) is 1.00. The number of rotatable bonds is 14. The molecule has 0 aliphatic rings. The summed E-state index contributed by atoms with van der Waals surface area (Å²) in [4.78, 5) is 0. The van der Waals surface area contributed by atoms with Crippen LogP contribution in [0.1, 0.15) is 77.6 Å². The predicted octanol–water partition coefficient (Wildman–Crippen LogP) is 8.40. The second kappa shape index (κ2) is 10.3.